The third-order valence-electron chi connectivity index (χ3n) is 6.63. The van der Waals surface area contributed by atoms with Crippen LogP contribution < -0.4 is 10.6 Å². The Bertz CT molecular complexity index is 961. The lowest BCUT2D eigenvalue weighted by Gasteiger charge is -2.42. The molecule has 166 valence electrons. The van der Waals surface area contributed by atoms with Crippen molar-refractivity contribution in [3.05, 3.63) is 64.7 Å². The maximum absolute atomic E-state index is 13.1. The summed E-state index contributed by atoms with van der Waals surface area (Å²) in [6.07, 6.45) is 3.59. The van der Waals surface area contributed by atoms with Crippen molar-refractivity contribution in [2.45, 2.75) is 37.1 Å². The summed E-state index contributed by atoms with van der Waals surface area (Å²) in [4.78, 5) is 28.0. The highest BCUT2D eigenvalue weighted by atomic mass is 35.5. The third-order valence-corrected chi connectivity index (χ3v) is 6.86. The second kappa shape index (κ2) is 9.47. The lowest BCUT2D eigenvalue weighted by atomic mass is 9.68. The highest BCUT2D eigenvalue weighted by Gasteiger charge is 2.41. The maximum Gasteiger partial charge on any atom is 0.335 e. The summed E-state index contributed by atoms with van der Waals surface area (Å²) in [6, 6.07) is 14.6. The van der Waals surface area contributed by atoms with E-state index in [-0.39, 0.29) is 35.5 Å². The number of hydrogen-bond acceptors (Lipinski definition) is 3. The van der Waals surface area contributed by atoms with Crippen molar-refractivity contribution in [3.63, 3.8) is 0 Å². The molecule has 4 rings (SSSR count). The number of amides is 2. The van der Waals surface area contributed by atoms with Gasteiger partial charge in [-0.2, -0.15) is 0 Å². The van der Waals surface area contributed by atoms with E-state index in [0.29, 0.717) is 25.3 Å². The predicted molar refractivity (Wildman–Crippen MR) is 125 cm³/mol. The lowest BCUT2D eigenvalue weighted by Crippen LogP contribution is -2.46. The number of carboxylic acid groups (broad SMARTS) is 1. The van der Waals surface area contributed by atoms with Crippen LogP contribution >= 0.6 is 24.0 Å². The van der Waals surface area contributed by atoms with Gasteiger partial charge in [0.1, 0.15) is 0 Å². The van der Waals surface area contributed by atoms with Gasteiger partial charge in [-0.3, -0.25) is 4.90 Å². The Kier molecular flexibility index (Phi) is 7.14. The van der Waals surface area contributed by atoms with Gasteiger partial charge >= 0.3 is 12.0 Å². The van der Waals surface area contributed by atoms with E-state index in [1.165, 1.54) is 11.6 Å². The first kappa shape index (κ1) is 23.4. The Morgan fingerprint density at radius 1 is 1.13 bits per heavy atom. The molecule has 1 saturated carbocycles. The third kappa shape index (κ3) is 4.52. The van der Waals surface area contributed by atoms with E-state index >= 15 is 0 Å². The van der Waals surface area contributed by atoms with Crippen LogP contribution in [0.4, 0.5) is 10.5 Å². The second-order valence-electron chi connectivity index (χ2n) is 8.21. The van der Waals surface area contributed by atoms with Crippen molar-refractivity contribution in [1.82, 2.24) is 4.90 Å². The molecule has 1 aliphatic carbocycles. The number of carbonyl (C=O) groups is 2. The fourth-order valence-electron chi connectivity index (χ4n) is 4.84. The molecule has 6 nitrogen and oxygen atoms in total. The number of rotatable bonds is 5. The maximum atomic E-state index is 13.1. The number of nitrogens with two attached hydrogens (primary N) is 1. The Hall–Kier alpha value is -2.28. The average Bonchev–Trinajstić information content (AvgIpc) is 3.15. The van der Waals surface area contributed by atoms with E-state index in [9.17, 15) is 14.7 Å². The van der Waals surface area contributed by atoms with Gasteiger partial charge in [-0.05, 0) is 61.6 Å². The van der Waals surface area contributed by atoms with E-state index in [4.69, 9.17) is 17.3 Å². The standard InChI is InChI=1S/C23H26ClN3O3.ClH/c24-18-5-2-4-17(14-18)23(15-25)9-7-19(8-10-23)26-11-12-27(22(26)30)20-6-1-3-16(13-20)21(28)29;/h1-6,13-14,19H,7-12,15,25H2,(H,28,29);1H. The first-order valence-corrected chi connectivity index (χ1v) is 10.7. The van der Waals surface area contributed by atoms with Crippen LogP contribution in [0.3, 0.4) is 0 Å². The van der Waals surface area contributed by atoms with Crippen molar-refractivity contribution < 1.29 is 14.7 Å². The minimum Gasteiger partial charge on any atom is -0.478 e. The number of anilines is 1. The minimum absolute atomic E-state index is 0. The summed E-state index contributed by atoms with van der Waals surface area (Å²) in [5, 5.41) is 9.94. The number of aromatic carboxylic acids is 1. The molecule has 2 aliphatic rings. The Balaban J connectivity index is 0.00000272. The van der Waals surface area contributed by atoms with Crippen molar-refractivity contribution in [2.24, 2.45) is 5.73 Å². The van der Waals surface area contributed by atoms with Crippen LogP contribution in [-0.4, -0.2) is 47.7 Å². The fraction of sp³-hybridized carbons (Fsp3) is 0.391. The highest BCUT2D eigenvalue weighted by Crippen LogP contribution is 2.41. The Labute approximate surface area is 193 Å². The number of hydrogen-bond donors (Lipinski definition) is 2. The first-order chi connectivity index (χ1) is 14.4. The summed E-state index contributed by atoms with van der Waals surface area (Å²) >= 11 is 6.20. The van der Waals surface area contributed by atoms with Crippen LogP contribution in [0.2, 0.25) is 5.02 Å². The van der Waals surface area contributed by atoms with Gasteiger partial charge in [0, 0.05) is 41.8 Å². The zero-order chi connectivity index (χ0) is 21.3. The molecule has 0 spiro atoms. The largest absolute Gasteiger partial charge is 0.478 e. The van der Waals surface area contributed by atoms with Gasteiger partial charge < -0.3 is 15.7 Å². The van der Waals surface area contributed by atoms with E-state index in [2.05, 4.69) is 6.07 Å². The summed E-state index contributed by atoms with van der Waals surface area (Å²) in [5.41, 5.74) is 8.10. The summed E-state index contributed by atoms with van der Waals surface area (Å²) < 4.78 is 0. The van der Waals surface area contributed by atoms with Crippen LogP contribution in [0.25, 0.3) is 0 Å². The summed E-state index contributed by atoms with van der Waals surface area (Å²) in [6.45, 7) is 1.77. The fourth-order valence-corrected chi connectivity index (χ4v) is 5.03. The molecule has 2 aromatic rings. The quantitative estimate of drug-likeness (QED) is 0.680. The zero-order valence-electron chi connectivity index (χ0n) is 17.2. The van der Waals surface area contributed by atoms with Gasteiger partial charge in [-0.25, -0.2) is 9.59 Å². The molecule has 31 heavy (non-hydrogen) atoms. The van der Waals surface area contributed by atoms with E-state index in [1.54, 1.807) is 23.1 Å². The molecule has 3 N–H and O–H groups in total. The molecule has 1 saturated heterocycles. The monoisotopic (exact) mass is 463 g/mol. The van der Waals surface area contributed by atoms with Crippen molar-refractivity contribution in [3.8, 4) is 0 Å². The van der Waals surface area contributed by atoms with E-state index in [0.717, 1.165) is 30.7 Å². The number of carboxylic acids is 1. The lowest BCUT2D eigenvalue weighted by molar-refractivity contribution is 0.0697. The van der Waals surface area contributed by atoms with Gasteiger partial charge in [0.2, 0.25) is 0 Å². The molecule has 2 amide bonds. The van der Waals surface area contributed by atoms with Crippen LogP contribution in [0.15, 0.2) is 48.5 Å². The van der Waals surface area contributed by atoms with Crippen molar-refractivity contribution >= 4 is 41.7 Å². The zero-order valence-corrected chi connectivity index (χ0v) is 18.7. The van der Waals surface area contributed by atoms with Gasteiger partial charge in [-0.1, -0.05) is 29.8 Å². The van der Waals surface area contributed by atoms with Gasteiger partial charge in [0.15, 0.2) is 0 Å². The molecular weight excluding hydrogens is 437 g/mol. The molecule has 0 radical (unpaired) electrons. The SMILES string of the molecule is Cl.NCC1(c2cccc(Cl)c2)CCC(N2CCN(c3cccc(C(=O)O)c3)C2=O)CC1. The molecule has 1 heterocycles. The normalized spacial score (nSPS) is 23.5. The number of nitrogens with zero attached hydrogens (tertiary/aromatic N) is 2. The topological polar surface area (TPSA) is 86.9 Å². The minimum atomic E-state index is -0.994. The number of carbonyl (C=O) groups excluding carboxylic acids is 1. The summed E-state index contributed by atoms with van der Waals surface area (Å²) in [7, 11) is 0. The van der Waals surface area contributed by atoms with Crippen LogP contribution in [0, 0.1) is 0 Å². The van der Waals surface area contributed by atoms with E-state index in [1.807, 2.05) is 23.1 Å². The number of urea groups is 1. The molecular formula is C23H27Cl2N3O3. The Morgan fingerprint density at radius 2 is 1.84 bits per heavy atom. The average molecular weight is 464 g/mol. The highest BCUT2D eigenvalue weighted by molar-refractivity contribution is 6.30. The van der Waals surface area contributed by atoms with Crippen molar-refractivity contribution in [2.75, 3.05) is 24.5 Å². The van der Waals surface area contributed by atoms with Crippen LogP contribution in [-0.2, 0) is 5.41 Å². The van der Waals surface area contributed by atoms with Crippen LogP contribution in [0.1, 0.15) is 41.6 Å². The number of halogens is 2. The molecule has 0 bridgehead atoms. The van der Waals surface area contributed by atoms with Gasteiger partial charge in [0.25, 0.3) is 0 Å². The predicted octanol–water partition coefficient (Wildman–Crippen LogP) is 4.54. The molecule has 2 aromatic carbocycles. The molecule has 8 heteroatoms. The smallest absolute Gasteiger partial charge is 0.335 e. The molecule has 1 aliphatic heterocycles. The van der Waals surface area contributed by atoms with Crippen LogP contribution in [0.5, 0.6) is 0 Å². The van der Waals surface area contributed by atoms with E-state index < -0.39 is 5.97 Å². The summed E-state index contributed by atoms with van der Waals surface area (Å²) in [5.74, 6) is -0.994. The van der Waals surface area contributed by atoms with Crippen molar-refractivity contribution in [1.29, 1.82) is 0 Å². The second-order valence-corrected chi connectivity index (χ2v) is 8.65. The number of benzene rings is 2. The Morgan fingerprint density at radius 3 is 2.48 bits per heavy atom. The molecule has 2 fully saturated rings. The molecule has 0 unspecified atom stereocenters. The first-order valence-electron chi connectivity index (χ1n) is 10.3. The molecule has 0 aromatic heterocycles. The van der Waals surface area contributed by atoms with Gasteiger partial charge in [0.05, 0.1) is 5.56 Å². The molecule has 0 atom stereocenters. The van der Waals surface area contributed by atoms with Gasteiger partial charge in [-0.15, -0.1) is 12.4 Å².